The van der Waals surface area contributed by atoms with Gasteiger partial charge in [-0.1, -0.05) is 0 Å². The monoisotopic (exact) mass is 320 g/mol. The first-order chi connectivity index (χ1) is 11.1. The third kappa shape index (κ3) is 3.70. The smallest absolute Gasteiger partial charge is 0.239 e. The normalized spacial score (nSPS) is 20.5. The number of nitrogens with zero attached hydrogens (tertiary/aromatic N) is 5. The van der Waals surface area contributed by atoms with E-state index >= 15 is 0 Å². The molecule has 1 aromatic heterocycles. The molecule has 1 unspecified atom stereocenters. The second-order valence-electron chi connectivity index (χ2n) is 5.93. The molecule has 1 amide bonds. The molecule has 0 spiro atoms. The zero-order valence-corrected chi connectivity index (χ0v) is 13.5. The van der Waals surface area contributed by atoms with Crippen molar-refractivity contribution in [2.75, 3.05) is 62.3 Å². The second kappa shape index (κ2) is 7.10. The van der Waals surface area contributed by atoms with Gasteiger partial charge in [0.05, 0.1) is 19.3 Å². The van der Waals surface area contributed by atoms with E-state index in [0.717, 1.165) is 51.0 Å². The molecule has 3 rings (SSSR count). The predicted octanol–water partition coefficient (Wildman–Crippen LogP) is -0.691. The number of morpholine rings is 1. The fraction of sp³-hybridized carbons (Fsp3) is 0.667. The van der Waals surface area contributed by atoms with Crippen molar-refractivity contribution in [3.8, 4) is 0 Å². The highest BCUT2D eigenvalue weighted by atomic mass is 16.5. The van der Waals surface area contributed by atoms with Crippen molar-refractivity contribution in [3.05, 3.63) is 12.4 Å². The Bertz CT molecular complexity index is 539. The summed E-state index contributed by atoms with van der Waals surface area (Å²) >= 11 is 0. The molecule has 1 atom stereocenters. The Hall–Kier alpha value is -1.93. The number of piperazine rings is 1. The summed E-state index contributed by atoms with van der Waals surface area (Å²) in [5, 5.41) is 0. The van der Waals surface area contributed by atoms with Crippen molar-refractivity contribution in [3.63, 3.8) is 0 Å². The van der Waals surface area contributed by atoms with Crippen molar-refractivity contribution >= 4 is 17.5 Å². The maximum absolute atomic E-state index is 11.9. The third-order valence-electron chi connectivity index (χ3n) is 4.28. The number of hydrogen-bond donors (Lipinski definition) is 1. The summed E-state index contributed by atoms with van der Waals surface area (Å²) in [6.07, 6.45) is 1.61. The Morgan fingerprint density at radius 2 is 1.65 bits per heavy atom. The van der Waals surface area contributed by atoms with E-state index in [-0.39, 0.29) is 5.91 Å². The van der Waals surface area contributed by atoms with Gasteiger partial charge < -0.3 is 25.2 Å². The number of nitrogens with two attached hydrogens (primary N) is 1. The maximum Gasteiger partial charge on any atom is 0.239 e. The number of aromatic nitrogens is 2. The molecule has 2 aliphatic rings. The van der Waals surface area contributed by atoms with E-state index < -0.39 is 6.04 Å². The van der Waals surface area contributed by atoms with E-state index in [0.29, 0.717) is 13.1 Å². The van der Waals surface area contributed by atoms with Crippen LogP contribution in [0.5, 0.6) is 0 Å². The first-order valence-corrected chi connectivity index (χ1v) is 8.09. The molecule has 3 heterocycles. The Balaban J connectivity index is 1.63. The lowest BCUT2D eigenvalue weighted by molar-refractivity contribution is -0.132. The molecule has 2 aliphatic heterocycles. The summed E-state index contributed by atoms with van der Waals surface area (Å²) < 4.78 is 5.38. The van der Waals surface area contributed by atoms with Crippen LogP contribution in [0.15, 0.2) is 12.4 Å². The molecule has 126 valence electrons. The van der Waals surface area contributed by atoms with E-state index in [1.54, 1.807) is 13.3 Å². The lowest BCUT2D eigenvalue weighted by atomic mass is 10.2. The van der Waals surface area contributed by atoms with E-state index in [4.69, 9.17) is 10.5 Å². The van der Waals surface area contributed by atoms with E-state index in [1.807, 2.05) is 11.0 Å². The molecular weight excluding hydrogens is 296 g/mol. The van der Waals surface area contributed by atoms with E-state index in [9.17, 15) is 4.79 Å². The topological polar surface area (TPSA) is 87.8 Å². The van der Waals surface area contributed by atoms with E-state index in [1.165, 1.54) is 0 Å². The highest BCUT2D eigenvalue weighted by Gasteiger charge is 2.24. The lowest BCUT2D eigenvalue weighted by Gasteiger charge is -2.36. The largest absolute Gasteiger partial charge is 0.378 e. The number of carbonyl (C=O) groups excluding carboxylic acids is 1. The van der Waals surface area contributed by atoms with Crippen LogP contribution >= 0.6 is 0 Å². The maximum atomic E-state index is 11.9. The van der Waals surface area contributed by atoms with Gasteiger partial charge in [-0.05, 0) is 6.92 Å². The van der Waals surface area contributed by atoms with Gasteiger partial charge in [0.1, 0.15) is 18.0 Å². The summed E-state index contributed by atoms with van der Waals surface area (Å²) in [6, 6.07) is 1.59. The highest BCUT2D eigenvalue weighted by molar-refractivity contribution is 5.81. The van der Waals surface area contributed by atoms with Crippen molar-refractivity contribution in [1.82, 2.24) is 14.9 Å². The predicted molar refractivity (Wildman–Crippen MR) is 87.5 cm³/mol. The first-order valence-electron chi connectivity index (χ1n) is 8.09. The first kappa shape index (κ1) is 15.9. The number of ether oxygens (including phenoxy) is 1. The number of rotatable bonds is 3. The fourth-order valence-corrected chi connectivity index (χ4v) is 2.92. The number of hydrogen-bond acceptors (Lipinski definition) is 7. The molecule has 0 radical (unpaired) electrons. The molecule has 1 aromatic rings. The van der Waals surface area contributed by atoms with Crippen LogP contribution in [-0.4, -0.2) is 79.3 Å². The minimum atomic E-state index is -0.437. The van der Waals surface area contributed by atoms with Gasteiger partial charge in [-0.3, -0.25) is 4.79 Å². The molecule has 2 N–H and O–H groups in total. The van der Waals surface area contributed by atoms with Gasteiger partial charge in [0.25, 0.3) is 0 Å². The average Bonchev–Trinajstić information content (AvgIpc) is 2.62. The number of anilines is 2. The molecule has 0 bridgehead atoms. The van der Waals surface area contributed by atoms with Gasteiger partial charge in [0.2, 0.25) is 5.91 Å². The molecule has 2 fully saturated rings. The molecule has 0 saturated carbocycles. The molecule has 23 heavy (non-hydrogen) atoms. The molecule has 0 aliphatic carbocycles. The van der Waals surface area contributed by atoms with Crippen LogP contribution in [0.25, 0.3) is 0 Å². The Morgan fingerprint density at radius 1 is 1.09 bits per heavy atom. The summed E-state index contributed by atoms with van der Waals surface area (Å²) in [5.41, 5.74) is 5.67. The quantitative estimate of drug-likeness (QED) is 0.788. The Morgan fingerprint density at radius 3 is 2.22 bits per heavy atom. The van der Waals surface area contributed by atoms with Crippen molar-refractivity contribution in [2.24, 2.45) is 5.73 Å². The van der Waals surface area contributed by atoms with Gasteiger partial charge in [-0.15, -0.1) is 0 Å². The summed E-state index contributed by atoms with van der Waals surface area (Å²) in [7, 11) is 0. The number of amides is 1. The average molecular weight is 320 g/mol. The van der Waals surface area contributed by atoms with Crippen LogP contribution in [0.2, 0.25) is 0 Å². The minimum Gasteiger partial charge on any atom is -0.378 e. The van der Waals surface area contributed by atoms with Crippen LogP contribution in [0.1, 0.15) is 6.92 Å². The summed E-state index contributed by atoms with van der Waals surface area (Å²) in [5.74, 6) is 1.86. The van der Waals surface area contributed by atoms with Crippen molar-refractivity contribution in [2.45, 2.75) is 13.0 Å². The van der Waals surface area contributed by atoms with Crippen LogP contribution in [-0.2, 0) is 9.53 Å². The molecule has 8 heteroatoms. The second-order valence-corrected chi connectivity index (χ2v) is 5.93. The Labute approximate surface area is 136 Å². The van der Waals surface area contributed by atoms with Gasteiger partial charge in [0, 0.05) is 45.3 Å². The summed E-state index contributed by atoms with van der Waals surface area (Å²) in [4.78, 5) is 26.9. The van der Waals surface area contributed by atoms with E-state index in [2.05, 4.69) is 19.8 Å². The van der Waals surface area contributed by atoms with Crippen LogP contribution in [0.3, 0.4) is 0 Å². The van der Waals surface area contributed by atoms with Crippen LogP contribution < -0.4 is 15.5 Å². The minimum absolute atomic E-state index is 0.0151. The molecule has 8 nitrogen and oxygen atoms in total. The zero-order chi connectivity index (χ0) is 16.2. The van der Waals surface area contributed by atoms with Gasteiger partial charge in [-0.25, -0.2) is 9.97 Å². The van der Waals surface area contributed by atoms with Crippen LogP contribution in [0, 0.1) is 0 Å². The van der Waals surface area contributed by atoms with Crippen molar-refractivity contribution < 1.29 is 9.53 Å². The molecule has 2 saturated heterocycles. The van der Waals surface area contributed by atoms with Crippen molar-refractivity contribution in [1.29, 1.82) is 0 Å². The summed E-state index contributed by atoms with van der Waals surface area (Å²) in [6.45, 7) is 7.79. The molecular formula is C15H24N6O2. The van der Waals surface area contributed by atoms with Gasteiger partial charge >= 0.3 is 0 Å². The van der Waals surface area contributed by atoms with Crippen LogP contribution in [0.4, 0.5) is 11.6 Å². The zero-order valence-electron chi connectivity index (χ0n) is 13.5. The lowest BCUT2D eigenvalue weighted by Crippen LogP contribution is -2.52. The third-order valence-corrected chi connectivity index (χ3v) is 4.28. The standard InChI is InChI=1S/C15H24N6O2/c1-12(16)15(22)21-4-2-19(3-5-21)13-10-14(18-11-17-13)20-6-8-23-9-7-20/h10-12H,2-9,16H2,1H3. The van der Waals surface area contributed by atoms with Gasteiger partial charge in [0.15, 0.2) is 0 Å². The molecule has 0 aromatic carbocycles. The highest BCUT2D eigenvalue weighted by Crippen LogP contribution is 2.19. The fourth-order valence-electron chi connectivity index (χ4n) is 2.92. The Kier molecular flexibility index (Phi) is 4.92. The van der Waals surface area contributed by atoms with Gasteiger partial charge in [-0.2, -0.15) is 0 Å². The SMILES string of the molecule is CC(N)C(=O)N1CCN(c2cc(N3CCOCC3)ncn2)CC1. The number of carbonyl (C=O) groups is 1.